The molecule has 0 radical (unpaired) electrons. The van der Waals surface area contributed by atoms with Gasteiger partial charge in [0.25, 0.3) is 0 Å². The minimum Gasteiger partial charge on any atom is -0.316 e. The summed E-state index contributed by atoms with van der Waals surface area (Å²) in [5.74, 6) is 0.131. The van der Waals surface area contributed by atoms with E-state index in [-0.39, 0.29) is 16.7 Å². The predicted molar refractivity (Wildman–Crippen MR) is 64.0 cm³/mol. The molecule has 0 aromatic heterocycles. The van der Waals surface area contributed by atoms with Crippen LogP contribution in [0, 0.1) is 11.7 Å². The second-order valence-electron chi connectivity index (χ2n) is 4.47. The van der Waals surface area contributed by atoms with Gasteiger partial charge in [-0.1, -0.05) is 0 Å². The van der Waals surface area contributed by atoms with Crippen molar-refractivity contribution in [3.05, 3.63) is 30.1 Å². The molecule has 1 aromatic rings. The summed E-state index contributed by atoms with van der Waals surface area (Å²) in [6, 6.07) is 5.01. The molecule has 0 spiro atoms. The lowest BCUT2D eigenvalue weighted by atomic mass is 10.2. The molecule has 1 atom stereocenters. The third-order valence-corrected chi connectivity index (χ3v) is 4.92. The molecule has 17 heavy (non-hydrogen) atoms. The molecule has 0 heterocycles. The summed E-state index contributed by atoms with van der Waals surface area (Å²) < 4.78 is 36.9. The molecular weight excluding hydrogens is 241 g/mol. The quantitative estimate of drug-likeness (QED) is 0.815. The van der Waals surface area contributed by atoms with Crippen molar-refractivity contribution in [2.24, 2.45) is 5.92 Å². The first-order valence-electron chi connectivity index (χ1n) is 5.68. The van der Waals surface area contributed by atoms with Crippen molar-refractivity contribution in [3.8, 4) is 0 Å². The van der Waals surface area contributed by atoms with Gasteiger partial charge in [-0.05, 0) is 50.1 Å². The number of sulfone groups is 1. The molecule has 1 N–H and O–H groups in total. The van der Waals surface area contributed by atoms with Crippen molar-refractivity contribution in [2.75, 3.05) is 12.8 Å². The fourth-order valence-electron chi connectivity index (χ4n) is 1.93. The van der Waals surface area contributed by atoms with Crippen molar-refractivity contribution in [1.29, 1.82) is 0 Å². The third-order valence-electron chi connectivity index (χ3n) is 3.13. The lowest BCUT2D eigenvalue weighted by Gasteiger charge is -2.15. The van der Waals surface area contributed by atoms with Crippen LogP contribution >= 0.6 is 0 Å². The molecular formula is C12H16FNO2S. The average molecular weight is 257 g/mol. The summed E-state index contributed by atoms with van der Waals surface area (Å²) in [6.45, 7) is 0. The van der Waals surface area contributed by atoms with Crippen molar-refractivity contribution in [1.82, 2.24) is 5.32 Å². The van der Waals surface area contributed by atoms with E-state index < -0.39 is 15.7 Å². The van der Waals surface area contributed by atoms with Crippen LogP contribution in [-0.2, 0) is 9.84 Å². The molecule has 0 bridgehead atoms. The lowest BCUT2D eigenvalue weighted by molar-refractivity contribution is 0.527. The first kappa shape index (κ1) is 12.5. The van der Waals surface area contributed by atoms with Gasteiger partial charge in [-0.15, -0.1) is 0 Å². The van der Waals surface area contributed by atoms with Crippen molar-refractivity contribution >= 4 is 9.84 Å². The van der Waals surface area contributed by atoms with Crippen molar-refractivity contribution < 1.29 is 12.8 Å². The summed E-state index contributed by atoms with van der Waals surface area (Å²) in [5, 5.41) is 3.05. The molecule has 1 aromatic carbocycles. The highest BCUT2D eigenvalue weighted by molar-refractivity contribution is 7.91. The van der Waals surface area contributed by atoms with E-state index in [9.17, 15) is 12.8 Å². The Bertz CT molecular complexity index is 480. The van der Waals surface area contributed by atoms with Gasteiger partial charge in [0.2, 0.25) is 0 Å². The van der Waals surface area contributed by atoms with Crippen LogP contribution < -0.4 is 5.32 Å². The highest BCUT2D eigenvalue weighted by Gasteiger charge is 2.33. The average Bonchev–Trinajstić information content (AvgIpc) is 3.10. The highest BCUT2D eigenvalue weighted by Crippen LogP contribution is 2.33. The van der Waals surface area contributed by atoms with E-state index in [2.05, 4.69) is 5.32 Å². The van der Waals surface area contributed by atoms with Crippen molar-refractivity contribution in [2.45, 2.75) is 23.8 Å². The van der Waals surface area contributed by atoms with Crippen LogP contribution in [0.3, 0.4) is 0 Å². The second-order valence-corrected chi connectivity index (χ2v) is 6.50. The van der Waals surface area contributed by atoms with Gasteiger partial charge in [-0.3, -0.25) is 0 Å². The fourth-order valence-corrected chi connectivity index (χ4v) is 3.58. The van der Waals surface area contributed by atoms with Gasteiger partial charge in [0.1, 0.15) is 5.82 Å². The maximum Gasteiger partial charge on any atom is 0.179 e. The largest absolute Gasteiger partial charge is 0.316 e. The summed E-state index contributed by atoms with van der Waals surface area (Å²) in [4.78, 5) is 0.194. The molecule has 1 aliphatic carbocycles. The Hall–Kier alpha value is -0.940. The summed E-state index contributed by atoms with van der Waals surface area (Å²) in [5.41, 5.74) is 0. The summed E-state index contributed by atoms with van der Waals surface area (Å²) in [6.07, 6.45) is 2.18. The molecule has 0 aliphatic heterocycles. The maximum absolute atomic E-state index is 12.7. The van der Waals surface area contributed by atoms with E-state index in [0.29, 0.717) is 5.92 Å². The first-order valence-corrected chi connectivity index (χ1v) is 7.34. The van der Waals surface area contributed by atoms with Gasteiger partial charge in [0.15, 0.2) is 9.84 Å². The Balaban J connectivity index is 2.15. The topological polar surface area (TPSA) is 46.2 Å². The third kappa shape index (κ3) is 3.04. The smallest absolute Gasteiger partial charge is 0.179 e. The zero-order valence-electron chi connectivity index (χ0n) is 9.69. The molecule has 0 amide bonds. The Morgan fingerprint density at radius 1 is 1.35 bits per heavy atom. The minimum absolute atomic E-state index is 0.00468. The summed E-state index contributed by atoms with van der Waals surface area (Å²) >= 11 is 0. The molecule has 1 fully saturated rings. The second kappa shape index (κ2) is 4.74. The van der Waals surface area contributed by atoms with E-state index >= 15 is 0 Å². The van der Waals surface area contributed by atoms with Gasteiger partial charge in [-0.25, -0.2) is 12.8 Å². The molecule has 94 valence electrons. The first-order chi connectivity index (χ1) is 8.03. The normalized spacial score (nSPS) is 18.0. The van der Waals surface area contributed by atoms with Crippen LogP contribution in [0.1, 0.15) is 12.8 Å². The molecule has 0 saturated heterocycles. The predicted octanol–water partition coefficient (Wildman–Crippen LogP) is 1.60. The lowest BCUT2D eigenvalue weighted by Crippen LogP contribution is -2.34. The van der Waals surface area contributed by atoms with Crippen molar-refractivity contribution in [3.63, 3.8) is 0 Å². The number of hydrogen-bond acceptors (Lipinski definition) is 3. The van der Waals surface area contributed by atoms with Crippen LogP contribution in [-0.4, -0.2) is 27.3 Å². The molecule has 3 nitrogen and oxygen atoms in total. The molecule has 1 saturated carbocycles. The van der Waals surface area contributed by atoms with E-state index in [4.69, 9.17) is 0 Å². The Morgan fingerprint density at radius 3 is 2.41 bits per heavy atom. The number of rotatable bonds is 5. The van der Waals surface area contributed by atoms with Gasteiger partial charge < -0.3 is 5.32 Å². The zero-order valence-corrected chi connectivity index (χ0v) is 10.5. The fraction of sp³-hybridized carbons (Fsp3) is 0.500. The van der Waals surface area contributed by atoms with Crippen LogP contribution in [0.4, 0.5) is 4.39 Å². The molecule has 1 aliphatic rings. The number of nitrogens with one attached hydrogen (secondary N) is 1. The molecule has 1 unspecified atom stereocenters. The van der Waals surface area contributed by atoms with Gasteiger partial charge in [-0.2, -0.15) is 0 Å². The Labute approximate surface area is 101 Å². The Kier molecular flexibility index (Phi) is 3.49. The minimum atomic E-state index is -3.32. The van der Waals surface area contributed by atoms with E-state index in [1.165, 1.54) is 24.3 Å². The summed E-state index contributed by atoms with van der Waals surface area (Å²) in [7, 11) is -1.54. The van der Waals surface area contributed by atoms with Gasteiger partial charge >= 0.3 is 0 Å². The van der Waals surface area contributed by atoms with E-state index in [0.717, 1.165) is 12.8 Å². The van der Waals surface area contributed by atoms with Crippen LogP contribution in [0.5, 0.6) is 0 Å². The van der Waals surface area contributed by atoms with E-state index in [1.807, 2.05) is 0 Å². The molecule has 2 rings (SSSR count). The van der Waals surface area contributed by atoms with Crippen LogP contribution in [0.15, 0.2) is 29.2 Å². The number of benzene rings is 1. The SMILES string of the molecule is CNC(CS(=O)(=O)c1ccc(F)cc1)C1CC1. The standard InChI is InChI=1S/C12H16FNO2S/c1-14-12(9-2-3-9)8-17(15,16)11-6-4-10(13)5-7-11/h4-7,9,12,14H,2-3,8H2,1H3. The van der Waals surface area contributed by atoms with Crippen LogP contribution in [0.25, 0.3) is 0 Å². The van der Waals surface area contributed by atoms with Crippen LogP contribution in [0.2, 0.25) is 0 Å². The van der Waals surface area contributed by atoms with E-state index in [1.54, 1.807) is 7.05 Å². The zero-order chi connectivity index (χ0) is 12.5. The number of hydrogen-bond donors (Lipinski definition) is 1. The Morgan fingerprint density at radius 2 is 1.94 bits per heavy atom. The maximum atomic E-state index is 12.7. The van der Waals surface area contributed by atoms with Gasteiger partial charge in [0, 0.05) is 6.04 Å². The van der Waals surface area contributed by atoms with Gasteiger partial charge in [0.05, 0.1) is 10.6 Å². The molecule has 5 heteroatoms. The highest BCUT2D eigenvalue weighted by atomic mass is 32.2. The monoisotopic (exact) mass is 257 g/mol. The number of halogens is 1.